The molecule has 2 nitrogen and oxygen atoms in total. The maximum absolute atomic E-state index is 12.4. The van der Waals surface area contributed by atoms with Crippen LogP contribution < -0.4 is 0 Å². The summed E-state index contributed by atoms with van der Waals surface area (Å²) in [5.74, 6) is 0. The maximum Gasteiger partial charge on any atom is 0.416 e. The van der Waals surface area contributed by atoms with Gasteiger partial charge in [0.2, 0.25) is 0 Å². The first-order chi connectivity index (χ1) is 8.41. The fourth-order valence-electron chi connectivity index (χ4n) is 1.55. The van der Waals surface area contributed by atoms with Crippen molar-refractivity contribution >= 4 is 11.6 Å². The fraction of sp³-hybridized carbons (Fsp3) is 0.250. The van der Waals surface area contributed by atoms with Crippen molar-refractivity contribution in [1.29, 1.82) is 0 Å². The summed E-state index contributed by atoms with van der Waals surface area (Å²) in [4.78, 5) is 0. The molecule has 0 aliphatic heterocycles. The van der Waals surface area contributed by atoms with E-state index in [1.54, 1.807) is 6.07 Å². The fourth-order valence-corrected chi connectivity index (χ4v) is 1.81. The van der Waals surface area contributed by atoms with Crippen molar-refractivity contribution in [3.8, 4) is 5.69 Å². The highest BCUT2D eigenvalue weighted by atomic mass is 35.5. The molecule has 1 aromatic heterocycles. The van der Waals surface area contributed by atoms with Crippen LogP contribution in [0.3, 0.4) is 0 Å². The first-order valence-electron chi connectivity index (χ1n) is 5.34. The third-order valence-corrected chi connectivity index (χ3v) is 2.79. The second-order valence-corrected chi connectivity index (χ2v) is 4.16. The largest absolute Gasteiger partial charge is 0.416 e. The lowest BCUT2D eigenvalue weighted by Crippen LogP contribution is -2.05. The minimum absolute atomic E-state index is 0.381. The molecule has 0 aliphatic rings. The van der Waals surface area contributed by atoms with Gasteiger partial charge in [0.25, 0.3) is 0 Å². The average Bonchev–Trinajstić information content (AvgIpc) is 2.70. The number of hydrogen-bond donors (Lipinski definition) is 0. The molecular formula is C12H10ClF3N2. The molecule has 0 spiro atoms. The number of nitrogens with zero attached hydrogens (tertiary/aromatic N) is 2. The molecule has 1 heterocycles. The normalized spacial score (nSPS) is 11.8. The Morgan fingerprint density at radius 2 is 1.83 bits per heavy atom. The highest BCUT2D eigenvalue weighted by Gasteiger charge is 2.30. The Morgan fingerprint density at radius 1 is 1.22 bits per heavy atom. The smallest absolute Gasteiger partial charge is 0.222 e. The van der Waals surface area contributed by atoms with Gasteiger partial charge in [-0.25, -0.2) is 4.68 Å². The average molecular weight is 275 g/mol. The molecule has 0 N–H and O–H groups in total. The van der Waals surface area contributed by atoms with Gasteiger partial charge in [0.05, 0.1) is 16.9 Å². The molecule has 18 heavy (non-hydrogen) atoms. The minimum atomic E-state index is -4.33. The highest BCUT2D eigenvalue weighted by molar-refractivity contribution is 6.29. The minimum Gasteiger partial charge on any atom is -0.222 e. The molecule has 96 valence electrons. The van der Waals surface area contributed by atoms with E-state index in [4.69, 9.17) is 11.6 Å². The highest BCUT2D eigenvalue weighted by Crippen LogP contribution is 2.30. The molecule has 2 aromatic rings. The number of halogens is 4. The molecule has 0 aliphatic carbocycles. The van der Waals surface area contributed by atoms with Crippen LogP contribution in [0.15, 0.2) is 30.3 Å². The number of aromatic nitrogens is 2. The van der Waals surface area contributed by atoms with E-state index in [9.17, 15) is 13.2 Å². The van der Waals surface area contributed by atoms with Gasteiger partial charge in [-0.3, -0.25) is 0 Å². The Balaban J connectivity index is 2.37. The Morgan fingerprint density at radius 3 is 2.28 bits per heavy atom. The van der Waals surface area contributed by atoms with Crippen LogP contribution in [-0.4, -0.2) is 9.78 Å². The van der Waals surface area contributed by atoms with Crippen LogP contribution in [-0.2, 0) is 12.6 Å². The van der Waals surface area contributed by atoms with Crippen LogP contribution in [0.4, 0.5) is 13.2 Å². The molecule has 1 aromatic carbocycles. The molecule has 0 bridgehead atoms. The molecule has 6 heteroatoms. The first-order valence-corrected chi connectivity index (χ1v) is 5.71. The third-order valence-electron chi connectivity index (χ3n) is 2.52. The van der Waals surface area contributed by atoms with Gasteiger partial charge in [0.1, 0.15) is 5.15 Å². The summed E-state index contributed by atoms with van der Waals surface area (Å²) in [6.07, 6.45) is -3.62. The van der Waals surface area contributed by atoms with Crippen molar-refractivity contribution in [1.82, 2.24) is 9.78 Å². The van der Waals surface area contributed by atoms with E-state index in [0.717, 1.165) is 17.8 Å². The van der Waals surface area contributed by atoms with Gasteiger partial charge in [-0.2, -0.15) is 18.3 Å². The van der Waals surface area contributed by atoms with E-state index in [-0.39, 0.29) is 0 Å². The van der Waals surface area contributed by atoms with Crippen molar-refractivity contribution in [2.24, 2.45) is 0 Å². The standard InChI is InChI=1S/C12H10ClF3N2/c1-2-9-7-11(13)18(17-9)10-5-3-8(4-6-10)12(14,15)16/h3-7H,2H2,1H3. The molecule has 0 fully saturated rings. The van der Waals surface area contributed by atoms with Gasteiger partial charge in [-0.1, -0.05) is 18.5 Å². The molecule has 0 unspecified atom stereocenters. The topological polar surface area (TPSA) is 17.8 Å². The predicted molar refractivity (Wildman–Crippen MR) is 63.0 cm³/mol. The lowest BCUT2D eigenvalue weighted by atomic mass is 10.2. The monoisotopic (exact) mass is 274 g/mol. The van der Waals surface area contributed by atoms with Crippen LogP contribution in [0, 0.1) is 0 Å². The van der Waals surface area contributed by atoms with Crippen LogP contribution in [0.1, 0.15) is 18.2 Å². The number of rotatable bonds is 2. The van der Waals surface area contributed by atoms with Crippen molar-refractivity contribution in [3.63, 3.8) is 0 Å². The molecule has 0 amide bonds. The molecule has 2 rings (SSSR count). The van der Waals surface area contributed by atoms with Gasteiger partial charge in [-0.05, 0) is 36.8 Å². The maximum atomic E-state index is 12.4. The Hall–Kier alpha value is -1.49. The van der Waals surface area contributed by atoms with Gasteiger partial charge in [0.15, 0.2) is 0 Å². The Labute approximate surface area is 107 Å². The zero-order chi connectivity index (χ0) is 13.3. The van der Waals surface area contributed by atoms with Crippen LogP contribution in [0.2, 0.25) is 5.15 Å². The number of hydrogen-bond acceptors (Lipinski definition) is 1. The number of benzene rings is 1. The van der Waals surface area contributed by atoms with Crippen molar-refractivity contribution < 1.29 is 13.2 Å². The molecular weight excluding hydrogens is 265 g/mol. The van der Waals surface area contributed by atoms with Crippen LogP contribution in [0.5, 0.6) is 0 Å². The quantitative estimate of drug-likeness (QED) is 0.806. The molecule has 0 radical (unpaired) electrons. The van der Waals surface area contributed by atoms with Gasteiger partial charge in [0, 0.05) is 0 Å². The summed E-state index contributed by atoms with van der Waals surface area (Å²) < 4.78 is 38.7. The lowest BCUT2D eigenvalue weighted by Gasteiger charge is -2.08. The third kappa shape index (κ3) is 2.51. The van der Waals surface area contributed by atoms with Gasteiger partial charge < -0.3 is 0 Å². The molecule has 0 saturated carbocycles. The zero-order valence-electron chi connectivity index (χ0n) is 9.50. The van der Waals surface area contributed by atoms with Crippen LogP contribution in [0.25, 0.3) is 5.69 Å². The first kappa shape index (κ1) is 13.0. The van der Waals surface area contributed by atoms with E-state index in [2.05, 4.69) is 5.10 Å². The van der Waals surface area contributed by atoms with Crippen LogP contribution >= 0.6 is 11.6 Å². The summed E-state index contributed by atoms with van der Waals surface area (Å²) in [5, 5.41) is 4.57. The van der Waals surface area contributed by atoms with Crippen molar-refractivity contribution in [3.05, 3.63) is 46.7 Å². The van der Waals surface area contributed by atoms with Crippen molar-refractivity contribution in [2.45, 2.75) is 19.5 Å². The van der Waals surface area contributed by atoms with Crippen molar-refractivity contribution in [2.75, 3.05) is 0 Å². The van der Waals surface area contributed by atoms with Gasteiger partial charge >= 0.3 is 6.18 Å². The summed E-state index contributed by atoms with van der Waals surface area (Å²) in [7, 11) is 0. The van der Waals surface area contributed by atoms with E-state index in [1.165, 1.54) is 16.8 Å². The summed E-state index contributed by atoms with van der Waals surface area (Å²) in [6, 6.07) is 6.42. The summed E-state index contributed by atoms with van der Waals surface area (Å²) >= 11 is 5.97. The Bertz CT molecular complexity index is 543. The summed E-state index contributed by atoms with van der Waals surface area (Å²) in [5.41, 5.74) is 0.609. The Kier molecular flexibility index (Phi) is 3.34. The second kappa shape index (κ2) is 4.65. The zero-order valence-corrected chi connectivity index (χ0v) is 10.3. The lowest BCUT2D eigenvalue weighted by molar-refractivity contribution is -0.137. The number of aryl methyl sites for hydroxylation is 1. The van der Waals surface area contributed by atoms with E-state index in [1.807, 2.05) is 6.92 Å². The predicted octanol–water partition coefficient (Wildman–Crippen LogP) is 4.11. The van der Waals surface area contributed by atoms with E-state index >= 15 is 0 Å². The summed E-state index contributed by atoms with van der Waals surface area (Å²) in [6.45, 7) is 1.93. The van der Waals surface area contributed by atoms with E-state index < -0.39 is 11.7 Å². The molecule has 0 atom stereocenters. The molecule has 0 saturated heterocycles. The van der Waals surface area contributed by atoms with E-state index in [0.29, 0.717) is 17.3 Å². The second-order valence-electron chi connectivity index (χ2n) is 3.77. The number of alkyl halides is 3. The SMILES string of the molecule is CCc1cc(Cl)n(-c2ccc(C(F)(F)F)cc2)n1. The van der Waals surface area contributed by atoms with Gasteiger partial charge in [-0.15, -0.1) is 0 Å².